The molecule has 0 spiro atoms. The second-order valence-electron chi connectivity index (χ2n) is 4.40. The number of hydrogen-bond acceptors (Lipinski definition) is 4. The van der Waals surface area contributed by atoms with Crippen molar-refractivity contribution < 1.29 is 9.72 Å². The van der Waals surface area contributed by atoms with E-state index in [1.165, 1.54) is 6.07 Å². The molecule has 2 rings (SSSR count). The van der Waals surface area contributed by atoms with Crippen molar-refractivity contribution in [2.24, 2.45) is 5.92 Å². The molecule has 0 radical (unpaired) electrons. The minimum atomic E-state index is -0.494. The largest absolute Gasteiger partial charge is 0.320 e. The standard InChI is InChI=1S/C12H15N3O3/c1-8-9(6-7-13-8)12(16)14-10-4-2-3-5-11(10)15(17)18/h2-5,8-9,13H,6-7H2,1H3,(H,14,16). The first-order chi connectivity index (χ1) is 8.59. The van der Waals surface area contributed by atoms with Gasteiger partial charge in [0, 0.05) is 12.1 Å². The van der Waals surface area contributed by atoms with E-state index in [1.807, 2.05) is 6.92 Å². The first kappa shape index (κ1) is 12.5. The number of amides is 1. The molecular weight excluding hydrogens is 234 g/mol. The van der Waals surface area contributed by atoms with Crippen LogP contribution in [0.25, 0.3) is 0 Å². The Morgan fingerprint density at radius 2 is 2.22 bits per heavy atom. The third-order valence-corrected chi connectivity index (χ3v) is 3.22. The number of nitro groups is 1. The van der Waals surface area contributed by atoms with Crippen LogP contribution >= 0.6 is 0 Å². The summed E-state index contributed by atoms with van der Waals surface area (Å²) >= 11 is 0. The molecule has 1 amide bonds. The van der Waals surface area contributed by atoms with Gasteiger partial charge in [-0.2, -0.15) is 0 Å². The molecule has 1 aromatic carbocycles. The monoisotopic (exact) mass is 249 g/mol. The quantitative estimate of drug-likeness (QED) is 0.628. The molecule has 1 fully saturated rings. The van der Waals surface area contributed by atoms with Crippen LogP contribution in [0.2, 0.25) is 0 Å². The third kappa shape index (κ3) is 2.48. The van der Waals surface area contributed by atoms with Crippen LogP contribution in [0.4, 0.5) is 11.4 Å². The van der Waals surface area contributed by atoms with Crippen molar-refractivity contribution in [2.75, 3.05) is 11.9 Å². The van der Waals surface area contributed by atoms with Crippen LogP contribution in [0.1, 0.15) is 13.3 Å². The topological polar surface area (TPSA) is 84.3 Å². The number of rotatable bonds is 3. The van der Waals surface area contributed by atoms with Gasteiger partial charge in [0.25, 0.3) is 5.69 Å². The van der Waals surface area contributed by atoms with E-state index >= 15 is 0 Å². The van der Waals surface area contributed by atoms with Crippen LogP contribution in [-0.2, 0) is 4.79 Å². The van der Waals surface area contributed by atoms with Crippen molar-refractivity contribution in [1.82, 2.24) is 5.32 Å². The van der Waals surface area contributed by atoms with E-state index in [4.69, 9.17) is 0 Å². The van der Waals surface area contributed by atoms with Crippen molar-refractivity contribution in [2.45, 2.75) is 19.4 Å². The summed E-state index contributed by atoms with van der Waals surface area (Å²) in [5, 5.41) is 16.7. The number of nitrogens with zero attached hydrogens (tertiary/aromatic N) is 1. The van der Waals surface area contributed by atoms with Crippen LogP contribution in [0.3, 0.4) is 0 Å². The Labute approximate surface area is 105 Å². The molecule has 6 heteroatoms. The highest BCUT2D eigenvalue weighted by molar-refractivity contribution is 5.95. The molecule has 1 aliphatic heterocycles. The Morgan fingerprint density at radius 1 is 1.50 bits per heavy atom. The summed E-state index contributed by atoms with van der Waals surface area (Å²) in [5.74, 6) is -0.299. The van der Waals surface area contributed by atoms with Crippen LogP contribution in [0.5, 0.6) is 0 Å². The first-order valence-corrected chi connectivity index (χ1v) is 5.87. The van der Waals surface area contributed by atoms with Gasteiger partial charge in [-0.3, -0.25) is 14.9 Å². The fraction of sp³-hybridized carbons (Fsp3) is 0.417. The van der Waals surface area contributed by atoms with Crippen molar-refractivity contribution in [3.05, 3.63) is 34.4 Å². The lowest BCUT2D eigenvalue weighted by Crippen LogP contribution is -2.32. The minimum absolute atomic E-state index is 0.0792. The normalized spacial score (nSPS) is 22.7. The number of anilines is 1. The lowest BCUT2D eigenvalue weighted by molar-refractivity contribution is -0.383. The Kier molecular flexibility index (Phi) is 3.57. The zero-order chi connectivity index (χ0) is 13.1. The Hall–Kier alpha value is -1.95. The molecule has 18 heavy (non-hydrogen) atoms. The summed E-state index contributed by atoms with van der Waals surface area (Å²) in [6.45, 7) is 2.74. The van der Waals surface area contributed by atoms with E-state index in [2.05, 4.69) is 10.6 Å². The maximum atomic E-state index is 12.0. The lowest BCUT2D eigenvalue weighted by Gasteiger charge is -2.14. The molecule has 1 saturated heterocycles. The summed E-state index contributed by atoms with van der Waals surface area (Å²) < 4.78 is 0. The van der Waals surface area contributed by atoms with Crippen LogP contribution in [0, 0.1) is 16.0 Å². The van der Waals surface area contributed by atoms with Crippen molar-refractivity contribution in [1.29, 1.82) is 0 Å². The molecule has 0 bridgehead atoms. The molecule has 6 nitrogen and oxygen atoms in total. The van der Waals surface area contributed by atoms with Crippen LogP contribution < -0.4 is 10.6 Å². The van der Waals surface area contributed by atoms with Crippen molar-refractivity contribution >= 4 is 17.3 Å². The molecule has 0 aliphatic carbocycles. The summed E-state index contributed by atoms with van der Waals surface area (Å²) in [5.41, 5.74) is 0.177. The van der Waals surface area contributed by atoms with E-state index in [1.54, 1.807) is 18.2 Å². The summed E-state index contributed by atoms with van der Waals surface area (Å²) in [7, 11) is 0. The molecule has 96 valence electrons. The van der Waals surface area contributed by atoms with Gasteiger partial charge in [-0.05, 0) is 26.0 Å². The maximum Gasteiger partial charge on any atom is 0.292 e. The zero-order valence-electron chi connectivity index (χ0n) is 10.1. The lowest BCUT2D eigenvalue weighted by atomic mass is 10.0. The van der Waals surface area contributed by atoms with E-state index in [0.29, 0.717) is 0 Å². The molecule has 2 N–H and O–H groups in total. The van der Waals surface area contributed by atoms with Crippen molar-refractivity contribution in [3.63, 3.8) is 0 Å². The number of benzene rings is 1. The second-order valence-corrected chi connectivity index (χ2v) is 4.40. The highest BCUT2D eigenvalue weighted by atomic mass is 16.6. The van der Waals surface area contributed by atoms with E-state index in [9.17, 15) is 14.9 Å². The molecule has 2 unspecified atom stereocenters. The average Bonchev–Trinajstić information content (AvgIpc) is 2.76. The number of carbonyl (C=O) groups is 1. The van der Waals surface area contributed by atoms with Gasteiger partial charge in [0.2, 0.25) is 5.91 Å². The van der Waals surface area contributed by atoms with Gasteiger partial charge < -0.3 is 10.6 Å². The highest BCUT2D eigenvalue weighted by Crippen LogP contribution is 2.25. The average molecular weight is 249 g/mol. The Bertz CT molecular complexity index is 475. The van der Waals surface area contributed by atoms with Gasteiger partial charge in [0.1, 0.15) is 5.69 Å². The Balaban J connectivity index is 2.14. The number of hydrogen-bond donors (Lipinski definition) is 2. The molecular formula is C12H15N3O3. The SMILES string of the molecule is CC1NCCC1C(=O)Nc1ccccc1[N+](=O)[O-]. The number of nitro benzene ring substituents is 1. The zero-order valence-corrected chi connectivity index (χ0v) is 10.1. The van der Waals surface area contributed by atoms with Crippen molar-refractivity contribution in [3.8, 4) is 0 Å². The Morgan fingerprint density at radius 3 is 2.83 bits per heavy atom. The summed E-state index contributed by atoms with van der Waals surface area (Å²) in [6, 6.07) is 6.27. The third-order valence-electron chi connectivity index (χ3n) is 3.22. The molecule has 1 aliphatic rings. The minimum Gasteiger partial charge on any atom is -0.320 e. The van der Waals surface area contributed by atoms with Gasteiger partial charge >= 0.3 is 0 Å². The predicted molar refractivity (Wildman–Crippen MR) is 67.3 cm³/mol. The first-order valence-electron chi connectivity index (χ1n) is 5.87. The number of para-hydroxylation sites is 2. The number of carbonyl (C=O) groups excluding carboxylic acids is 1. The highest BCUT2D eigenvalue weighted by Gasteiger charge is 2.30. The predicted octanol–water partition coefficient (Wildman–Crippen LogP) is 1.53. The molecule has 0 saturated carbocycles. The van der Waals surface area contributed by atoms with Gasteiger partial charge in [-0.15, -0.1) is 0 Å². The molecule has 1 aromatic rings. The van der Waals surface area contributed by atoms with E-state index < -0.39 is 4.92 Å². The van der Waals surface area contributed by atoms with E-state index in [0.717, 1.165) is 13.0 Å². The fourth-order valence-electron chi connectivity index (χ4n) is 2.18. The summed E-state index contributed by atoms with van der Waals surface area (Å²) in [4.78, 5) is 22.4. The van der Waals surface area contributed by atoms with Gasteiger partial charge in [0.15, 0.2) is 0 Å². The van der Waals surface area contributed by atoms with Gasteiger partial charge in [-0.25, -0.2) is 0 Å². The summed E-state index contributed by atoms with van der Waals surface area (Å²) in [6.07, 6.45) is 0.758. The fourth-order valence-corrected chi connectivity index (χ4v) is 2.18. The molecule has 0 aromatic heterocycles. The molecule has 2 atom stereocenters. The number of nitrogens with one attached hydrogen (secondary N) is 2. The van der Waals surface area contributed by atoms with Crippen LogP contribution in [0.15, 0.2) is 24.3 Å². The second kappa shape index (κ2) is 5.14. The maximum absolute atomic E-state index is 12.0. The van der Waals surface area contributed by atoms with Gasteiger partial charge in [0.05, 0.1) is 10.8 Å². The smallest absolute Gasteiger partial charge is 0.292 e. The molecule has 1 heterocycles. The van der Waals surface area contributed by atoms with Gasteiger partial charge in [-0.1, -0.05) is 12.1 Å². The van der Waals surface area contributed by atoms with Crippen LogP contribution in [-0.4, -0.2) is 23.4 Å². The van der Waals surface area contributed by atoms with E-state index in [-0.39, 0.29) is 29.2 Å².